The van der Waals surface area contributed by atoms with Gasteiger partial charge in [0.05, 0.1) is 0 Å². The Morgan fingerprint density at radius 3 is 2.83 bits per heavy atom. The van der Waals surface area contributed by atoms with Crippen molar-refractivity contribution in [3.05, 3.63) is 0 Å². The van der Waals surface area contributed by atoms with Gasteiger partial charge in [0.25, 0.3) is 0 Å². The van der Waals surface area contributed by atoms with E-state index in [1.807, 2.05) is 0 Å². The minimum absolute atomic E-state index is 0.0114. The molecular formula is C16H26I2N2O3. The number of esters is 1. The molecule has 2 aliphatic heterocycles. The predicted molar refractivity (Wildman–Crippen MR) is 105 cm³/mol. The summed E-state index contributed by atoms with van der Waals surface area (Å²) in [7, 11) is 0. The number of ether oxygens (including phenoxy) is 2. The van der Waals surface area contributed by atoms with Crippen LogP contribution in [0, 0.1) is 23.2 Å². The number of fused-ring (bicyclic) bond motifs is 3. The molecule has 2 heterocycles. The Morgan fingerprint density at radius 2 is 2.13 bits per heavy atom. The van der Waals surface area contributed by atoms with Crippen LogP contribution < -0.4 is 7.06 Å². The molecule has 23 heavy (non-hydrogen) atoms. The first-order chi connectivity index (χ1) is 11.0. The van der Waals surface area contributed by atoms with Gasteiger partial charge in [-0.15, -0.1) is 0 Å². The second-order valence-corrected chi connectivity index (χ2v) is 13.5. The number of alkyl halides is 2. The molecule has 2 aliphatic carbocycles. The molecule has 2 N–H and O–H groups in total. The predicted octanol–water partition coefficient (Wildman–Crippen LogP) is 3.36. The molecule has 5 nitrogen and oxygen atoms in total. The molecule has 0 aromatic heterocycles. The van der Waals surface area contributed by atoms with Gasteiger partial charge in [-0.25, -0.2) is 0 Å². The topological polar surface area (TPSA) is 79.4 Å². The first-order valence-corrected chi connectivity index (χ1v) is 13.1. The maximum absolute atomic E-state index is 12.1. The van der Waals surface area contributed by atoms with Crippen LogP contribution in [0.2, 0.25) is 0 Å². The van der Waals surface area contributed by atoms with E-state index in [-0.39, 0.29) is 25.8 Å². The quantitative estimate of drug-likeness (QED) is 0.0779. The van der Waals surface area contributed by atoms with Crippen molar-refractivity contribution in [2.45, 2.75) is 53.5 Å². The third-order valence-corrected chi connectivity index (χ3v) is 13.7. The molecule has 0 spiro atoms. The van der Waals surface area contributed by atoms with Gasteiger partial charge in [-0.2, -0.15) is 0 Å². The fourth-order valence-electron chi connectivity index (χ4n) is 4.56. The molecule has 0 amide bonds. The number of rotatable bonds is 6. The van der Waals surface area contributed by atoms with Gasteiger partial charge in [0, 0.05) is 0 Å². The Kier molecular flexibility index (Phi) is 4.65. The number of halogens is 2. The Bertz CT molecular complexity index is 498. The van der Waals surface area contributed by atoms with Gasteiger partial charge in [-0.3, -0.25) is 0 Å². The van der Waals surface area contributed by atoms with E-state index in [0.29, 0.717) is 12.5 Å². The summed E-state index contributed by atoms with van der Waals surface area (Å²) in [4.78, 5) is 12.1. The van der Waals surface area contributed by atoms with E-state index < -0.39 is 20.4 Å². The first kappa shape index (κ1) is 17.2. The summed E-state index contributed by atoms with van der Waals surface area (Å²) < 4.78 is 17.8. The summed E-state index contributed by atoms with van der Waals surface area (Å²) in [5, 5.41) is 0. The Balaban J connectivity index is 1.24. The maximum atomic E-state index is 12.1. The van der Waals surface area contributed by atoms with Crippen LogP contribution in [-0.2, 0) is 14.3 Å². The zero-order valence-corrected chi connectivity index (χ0v) is 18.1. The van der Waals surface area contributed by atoms with E-state index >= 15 is 0 Å². The van der Waals surface area contributed by atoms with Crippen LogP contribution >= 0.6 is 43.0 Å². The molecule has 5 unspecified atom stereocenters. The van der Waals surface area contributed by atoms with Gasteiger partial charge in [-0.05, 0) is 0 Å². The monoisotopic (exact) mass is 548 g/mol. The average Bonchev–Trinajstić information content (AvgIpc) is 3.39. The van der Waals surface area contributed by atoms with Crippen molar-refractivity contribution in [3.8, 4) is 0 Å². The van der Waals surface area contributed by atoms with Crippen LogP contribution in [0.4, 0.5) is 0 Å². The third-order valence-electron chi connectivity index (χ3n) is 6.47. The standard InChI is InChI=1S/C16H26I2N2O3/c1-10-6-11-4-3-5-12(7-11)15(10,2)8-22-9-23-14(21)13(17)16-18(19-16)20-16/h10-13,19-20H,3-9H2,1-2H3. The van der Waals surface area contributed by atoms with Crippen molar-refractivity contribution in [1.82, 2.24) is 7.06 Å². The summed E-state index contributed by atoms with van der Waals surface area (Å²) in [6, 6.07) is 0. The summed E-state index contributed by atoms with van der Waals surface area (Å²) >= 11 is 1.11. The van der Waals surface area contributed by atoms with Crippen LogP contribution in [0.1, 0.15) is 46.0 Å². The van der Waals surface area contributed by atoms with Gasteiger partial charge < -0.3 is 0 Å². The molecule has 0 aromatic rings. The molecular weight excluding hydrogens is 522 g/mol. The molecule has 4 aliphatic rings. The zero-order valence-electron chi connectivity index (χ0n) is 13.7. The molecule has 5 atom stereocenters. The van der Waals surface area contributed by atoms with Crippen LogP contribution in [0.5, 0.6) is 0 Å². The van der Waals surface area contributed by atoms with E-state index in [4.69, 9.17) is 9.47 Å². The molecule has 4 fully saturated rings. The second-order valence-electron chi connectivity index (χ2n) is 7.85. The number of carbonyl (C=O) groups is 1. The summed E-state index contributed by atoms with van der Waals surface area (Å²) in [5.74, 6) is 2.25. The molecule has 0 aromatic carbocycles. The number of hydrogen-bond acceptors (Lipinski definition) is 5. The van der Waals surface area contributed by atoms with Gasteiger partial charge >= 0.3 is 160 Å². The molecule has 2 saturated heterocycles. The summed E-state index contributed by atoms with van der Waals surface area (Å²) in [5.41, 5.74) is 0.237. The summed E-state index contributed by atoms with van der Waals surface area (Å²) in [6.07, 6.45) is 6.82. The first-order valence-electron chi connectivity index (χ1n) is 8.59. The van der Waals surface area contributed by atoms with Gasteiger partial charge in [0.2, 0.25) is 0 Å². The van der Waals surface area contributed by atoms with Crippen LogP contribution in [0.3, 0.4) is 0 Å². The SMILES string of the molecule is CC1CC2CCCC(C2)C1(C)COCOC(=O)C(I)C12NI1N2. The third kappa shape index (κ3) is 3.06. The van der Waals surface area contributed by atoms with Crippen molar-refractivity contribution < 1.29 is 14.3 Å². The zero-order chi connectivity index (χ0) is 16.2. The number of nitrogens with one attached hydrogen (secondary N) is 2. The van der Waals surface area contributed by atoms with E-state index in [1.165, 1.54) is 32.1 Å². The molecule has 0 radical (unpaired) electrons. The number of hydrogen-bond donors (Lipinski definition) is 2. The number of carbonyl (C=O) groups excluding carboxylic acids is 1. The van der Waals surface area contributed by atoms with Crippen molar-refractivity contribution in [2.24, 2.45) is 23.2 Å². The van der Waals surface area contributed by atoms with Crippen molar-refractivity contribution in [3.63, 3.8) is 0 Å². The normalized spacial score (nSPS) is 42.6. The van der Waals surface area contributed by atoms with Crippen LogP contribution in [-0.4, -0.2) is 27.0 Å². The Labute approximate surface area is 159 Å². The van der Waals surface area contributed by atoms with Gasteiger partial charge in [-0.1, -0.05) is 0 Å². The summed E-state index contributed by atoms with van der Waals surface area (Å²) in [6.45, 7) is 5.57. The molecule has 7 heteroatoms. The molecule has 2 bridgehead atoms. The minimum atomic E-state index is -1.08. The Hall–Kier alpha value is 0.810. The van der Waals surface area contributed by atoms with Crippen molar-refractivity contribution >= 4 is 48.9 Å². The fourth-order valence-corrected chi connectivity index (χ4v) is 12.0. The average molecular weight is 548 g/mol. The fraction of sp³-hybridized carbons (Fsp3) is 0.938. The van der Waals surface area contributed by atoms with Crippen LogP contribution in [0.25, 0.3) is 0 Å². The Morgan fingerprint density at radius 1 is 1.39 bits per heavy atom. The molecule has 132 valence electrons. The second kappa shape index (κ2) is 6.21. The van der Waals surface area contributed by atoms with Crippen molar-refractivity contribution in [2.75, 3.05) is 13.4 Å². The molecule has 4 rings (SSSR count). The van der Waals surface area contributed by atoms with Gasteiger partial charge in [0.1, 0.15) is 0 Å². The molecule has 2 saturated carbocycles. The van der Waals surface area contributed by atoms with E-state index in [9.17, 15) is 4.79 Å². The van der Waals surface area contributed by atoms with Crippen molar-refractivity contribution in [1.29, 1.82) is 0 Å². The van der Waals surface area contributed by atoms with E-state index in [2.05, 4.69) is 43.5 Å². The van der Waals surface area contributed by atoms with E-state index in [0.717, 1.165) is 11.8 Å². The van der Waals surface area contributed by atoms with E-state index in [1.54, 1.807) is 0 Å². The van der Waals surface area contributed by atoms with Gasteiger partial charge in [0.15, 0.2) is 0 Å². The van der Waals surface area contributed by atoms with Crippen LogP contribution in [0.15, 0.2) is 0 Å².